The van der Waals surface area contributed by atoms with Crippen molar-refractivity contribution < 1.29 is 23.9 Å². The summed E-state index contributed by atoms with van der Waals surface area (Å²) < 4.78 is 5.30. The average molecular weight is 458 g/mol. The van der Waals surface area contributed by atoms with Gasteiger partial charge in [0.15, 0.2) is 0 Å². The summed E-state index contributed by atoms with van der Waals surface area (Å²) in [4.78, 5) is 48.1. The van der Waals surface area contributed by atoms with Crippen LogP contribution >= 0.6 is 11.6 Å². The van der Waals surface area contributed by atoms with Gasteiger partial charge in [-0.05, 0) is 49.1 Å². The highest BCUT2D eigenvalue weighted by Gasteiger charge is 2.28. The van der Waals surface area contributed by atoms with E-state index in [9.17, 15) is 19.2 Å². The zero-order valence-corrected chi connectivity index (χ0v) is 18.1. The molecule has 1 fully saturated rings. The Morgan fingerprint density at radius 3 is 2.56 bits per heavy atom. The molecular weight excluding hydrogens is 434 g/mol. The summed E-state index contributed by atoms with van der Waals surface area (Å²) in [5.74, 6) is -1.55. The fourth-order valence-corrected chi connectivity index (χ4v) is 3.35. The van der Waals surface area contributed by atoms with Gasteiger partial charge in [-0.25, -0.2) is 4.79 Å². The molecule has 8 nitrogen and oxygen atoms in total. The first-order chi connectivity index (χ1) is 15.4. The van der Waals surface area contributed by atoms with Crippen LogP contribution in [-0.2, 0) is 16.1 Å². The SMILES string of the molecule is NC[C@H](NC(=O)c1ccc(C(=O)NCc2cccc(C=O)c2)cc1Cl)C(=O)OC1CCC1. The lowest BCUT2D eigenvalue weighted by Gasteiger charge is -2.27. The van der Waals surface area contributed by atoms with Crippen LogP contribution in [0.15, 0.2) is 42.5 Å². The molecule has 9 heteroatoms. The molecule has 32 heavy (non-hydrogen) atoms. The molecule has 1 atom stereocenters. The van der Waals surface area contributed by atoms with Crippen LogP contribution in [0.2, 0.25) is 5.02 Å². The lowest BCUT2D eigenvalue weighted by atomic mass is 9.96. The number of nitrogens with one attached hydrogen (secondary N) is 2. The van der Waals surface area contributed by atoms with E-state index in [1.165, 1.54) is 18.2 Å². The number of carbonyl (C=O) groups excluding carboxylic acids is 4. The highest BCUT2D eigenvalue weighted by atomic mass is 35.5. The summed E-state index contributed by atoms with van der Waals surface area (Å²) in [6.45, 7) is 0.113. The Morgan fingerprint density at radius 2 is 1.94 bits per heavy atom. The average Bonchev–Trinajstić information content (AvgIpc) is 2.77. The van der Waals surface area contributed by atoms with Crippen LogP contribution in [0, 0.1) is 0 Å². The Labute approximate surface area is 190 Å². The van der Waals surface area contributed by atoms with Crippen molar-refractivity contribution in [3.8, 4) is 0 Å². The van der Waals surface area contributed by atoms with E-state index in [0.717, 1.165) is 31.1 Å². The van der Waals surface area contributed by atoms with Gasteiger partial charge in [-0.1, -0.05) is 29.8 Å². The van der Waals surface area contributed by atoms with Crippen LogP contribution < -0.4 is 16.4 Å². The van der Waals surface area contributed by atoms with Crippen molar-refractivity contribution in [2.24, 2.45) is 5.73 Å². The van der Waals surface area contributed by atoms with Crippen LogP contribution in [0.25, 0.3) is 0 Å². The third-order valence-electron chi connectivity index (χ3n) is 5.18. The molecule has 1 aliphatic rings. The largest absolute Gasteiger partial charge is 0.461 e. The van der Waals surface area contributed by atoms with Gasteiger partial charge in [0.2, 0.25) is 0 Å². The monoisotopic (exact) mass is 457 g/mol. The smallest absolute Gasteiger partial charge is 0.330 e. The highest BCUT2D eigenvalue weighted by molar-refractivity contribution is 6.34. The zero-order chi connectivity index (χ0) is 23.1. The van der Waals surface area contributed by atoms with Crippen molar-refractivity contribution in [3.63, 3.8) is 0 Å². The van der Waals surface area contributed by atoms with Gasteiger partial charge < -0.3 is 21.1 Å². The highest BCUT2D eigenvalue weighted by Crippen LogP contribution is 2.22. The second kappa shape index (κ2) is 10.9. The molecule has 2 aromatic carbocycles. The molecule has 0 aromatic heterocycles. The van der Waals surface area contributed by atoms with Gasteiger partial charge in [0.25, 0.3) is 11.8 Å². The van der Waals surface area contributed by atoms with E-state index in [1.807, 2.05) is 0 Å². The first kappa shape index (κ1) is 23.4. The maximum Gasteiger partial charge on any atom is 0.330 e. The number of esters is 1. The molecule has 2 aromatic rings. The number of aldehydes is 1. The molecule has 2 amide bonds. The lowest BCUT2D eigenvalue weighted by molar-refractivity contribution is -0.155. The van der Waals surface area contributed by atoms with Crippen LogP contribution in [0.3, 0.4) is 0 Å². The minimum Gasteiger partial charge on any atom is -0.461 e. The molecule has 1 saturated carbocycles. The van der Waals surface area contributed by atoms with Crippen molar-refractivity contribution in [1.29, 1.82) is 0 Å². The van der Waals surface area contributed by atoms with Crippen molar-refractivity contribution >= 4 is 35.7 Å². The van der Waals surface area contributed by atoms with Gasteiger partial charge >= 0.3 is 5.97 Å². The van der Waals surface area contributed by atoms with E-state index in [4.69, 9.17) is 22.1 Å². The Kier molecular flexibility index (Phi) is 7.97. The van der Waals surface area contributed by atoms with Gasteiger partial charge in [0.1, 0.15) is 18.4 Å². The van der Waals surface area contributed by atoms with Crippen LogP contribution in [0.1, 0.15) is 55.9 Å². The van der Waals surface area contributed by atoms with Gasteiger partial charge in [0.05, 0.1) is 10.6 Å². The van der Waals surface area contributed by atoms with Crippen LogP contribution in [0.5, 0.6) is 0 Å². The van der Waals surface area contributed by atoms with Gasteiger partial charge in [-0.15, -0.1) is 0 Å². The Morgan fingerprint density at radius 1 is 1.16 bits per heavy atom. The fourth-order valence-electron chi connectivity index (χ4n) is 3.09. The summed E-state index contributed by atoms with van der Waals surface area (Å²) in [6, 6.07) is 10.1. The third-order valence-corrected chi connectivity index (χ3v) is 5.49. The second-order valence-corrected chi connectivity index (χ2v) is 7.90. The molecule has 3 rings (SSSR count). The molecule has 0 saturated heterocycles. The summed E-state index contributed by atoms with van der Waals surface area (Å²) in [5.41, 5.74) is 7.27. The van der Waals surface area contributed by atoms with Gasteiger partial charge in [-0.3, -0.25) is 14.4 Å². The number of amides is 2. The van der Waals surface area contributed by atoms with Crippen LogP contribution in [0.4, 0.5) is 0 Å². The third kappa shape index (κ3) is 5.93. The standard InChI is InChI=1S/C23H24ClN3O5/c24-19-10-16(21(29)26-12-14-3-1-4-15(9-14)13-28)7-8-18(19)22(30)27-20(11-25)23(31)32-17-5-2-6-17/h1,3-4,7-10,13,17,20H,2,5-6,11-12,25H2,(H,26,29)(H,27,30)/t20-/m0/s1. The molecule has 0 aliphatic heterocycles. The molecule has 4 N–H and O–H groups in total. The van der Waals surface area contributed by atoms with Crippen molar-refractivity contribution in [2.75, 3.05) is 6.54 Å². The van der Waals surface area contributed by atoms with E-state index >= 15 is 0 Å². The topological polar surface area (TPSA) is 128 Å². The maximum atomic E-state index is 12.6. The van der Waals surface area contributed by atoms with E-state index in [0.29, 0.717) is 5.56 Å². The first-order valence-electron chi connectivity index (χ1n) is 10.2. The zero-order valence-electron chi connectivity index (χ0n) is 17.3. The Bertz CT molecular complexity index is 1020. The van der Waals surface area contributed by atoms with Crippen molar-refractivity contribution in [1.82, 2.24) is 10.6 Å². The number of benzene rings is 2. The molecule has 1 aliphatic carbocycles. The lowest BCUT2D eigenvalue weighted by Crippen LogP contribution is -2.48. The second-order valence-electron chi connectivity index (χ2n) is 7.49. The number of halogens is 1. The fraction of sp³-hybridized carbons (Fsp3) is 0.304. The molecule has 0 heterocycles. The number of ether oxygens (including phenoxy) is 1. The molecule has 168 valence electrons. The van der Waals surface area contributed by atoms with E-state index < -0.39 is 17.9 Å². The molecule has 0 unspecified atom stereocenters. The number of nitrogens with two attached hydrogens (primary N) is 1. The van der Waals surface area contributed by atoms with E-state index in [1.54, 1.807) is 24.3 Å². The first-order valence-corrected chi connectivity index (χ1v) is 10.6. The van der Waals surface area contributed by atoms with E-state index in [2.05, 4.69) is 10.6 Å². The van der Waals surface area contributed by atoms with Crippen molar-refractivity contribution in [2.45, 2.75) is 38.0 Å². The number of hydrogen-bond donors (Lipinski definition) is 3. The van der Waals surface area contributed by atoms with Crippen molar-refractivity contribution in [3.05, 3.63) is 69.7 Å². The predicted molar refractivity (Wildman–Crippen MR) is 118 cm³/mol. The molecule has 0 bridgehead atoms. The van der Waals surface area contributed by atoms with Crippen LogP contribution in [-0.4, -0.2) is 42.8 Å². The van der Waals surface area contributed by atoms with E-state index in [-0.39, 0.29) is 41.3 Å². The number of rotatable bonds is 9. The summed E-state index contributed by atoms with van der Waals surface area (Å²) in [6.07, 6.45) is 3.26. The predicted octanol–water partition coefficient (Wildman–Crippen LogP) is 2.24. The Balaban J connectivity index is 1.60. The van der Waals surface area contributed by atoms with Gasteiger partial charge in [0, 0.05) is 24.2 Å². The Hall–Kier alpha value is -3.23. The van der Waals surface area contributed by atoms with Gasteiger partial charge in [-0.2, -0.15) is 0 Å². The quantitative estimate of drug-likeness (QED) is 0.391. The summed E-state index contributed by atoms with van der Waals surface area (Å²) >= 11 is 6.22. The minimum absolute atomic E-state index is 0.0567. The normalized spacial score (nSPS) is 14.1. The summed E-state index contributed by atoms with van der Waals surface area (Å²) in [7, 11) is 0. The molecule has 0 spiro atoms. The number of hydrogen-bond acceptors (Lipinski definition) is 6. The molecular formula is C23H24ClN3O5. The molecule has 0 radical (unpaired) electrons. The minimum atomic E-state index is -0.982. The summed E-state index contributed by atoms with van der Waals surface area (Å²) in [5, 5.41) is 5.32. The maximum absolute atomic E-state index is 12.6. The number of carbonyl (C=O) groups is 4.